The number of hydroxylamine groups is 2. The largest absolute Gasteiger partial charge is 0.377 e. The SMILES string of the molecule is O=C(ON1C(=O)c2ccccc2C1=O)c1s[nH]c(=O)c1Cl. The molecule has 1 aromatic carbocycles. The van der Waals surface area contributed by atoms with Crippen LogP contribution in [0, 0.1) is 0 Å². The van der Waals surface area contributed by atoms with Crippen LogP contribution in [0.3, 0.4) is 0 Å². The fourth-order valence-corrected chi connectivity index (χ4v) is 2.69. The summed E-state index contributed by atoms with van der Waals surface area (Å²) in [5.41, 5.74) is -0.358. The number of carbonyl (C=O) groups is 3. The molecule has 0 fully saturated rings. The van der Waals surface area contributed by atoms with Crippen molar-refractivity contribution in [2.75, 3.05) is 0 Å². The van der Waals surface area contributed by atoms with Crippen molar-refractivity contribution in [1.29, 1.82) is 0 Å². The molecule has 2 aromatic rings. The van der Waals surface area contributed by atoms with E-state index in [1.165, 1.54) is 12.1 Å². The minimum Gasteiger partial charge on any atom is -0.323 e. The van der Waals surface area contributed by atoms with E-state index in [0.717, 1.165) is 0 Å². The molecule has 3 rings (SSSR count). The van der Waals surface area contributed by atoms with Gasteiger partial charge in [0.2, 0.25) is 0 Å². The lowest BCUT2D eigenvalue weighted by molar-refractivity contribution is -0.0581. The molecule has 0 radical (unpaired) electrons. The Hall–Kier alpha value is -2.45. The van der Waals surface area contributed by atoms with Gasteiger partial charge in [-0.2, -0.15) is 0 Å². The molecule has 2 heterocycles. The Balaban J connectivity index is 1.89. The van der Waals surface area contributed by atoms with E-state index in [2.05, 4.69) is 4.37 Å². The minimum atomic E-state index is -1.06. The molecular weight excluding hydrogens is 320 g/mol. The Morgan fingerprint density at radius 2 is 1.71 bits per heavy atom. The van der Waals surface area contributed by atoms with Gasteiger partial charge in [-0.05, 0) is 23.7 Å². The smallest absolute Gasteiger partial charge is 0.323 e. The molecule has 1 aromatic heterocycles. The first-order valence-corrected chi connectivity index (χ1v) is 6.77. The number of amides is 2. The zero-order valence-electron chi connectivity index (χ0n) is 10.1. The highest BCUT2D eigenvalue weighted by atomic mass is 35.5. The van der Waals surface area contributed by atoms with Crippen LogP contribution >= 0.6 is 23.1 Å². The molecule has 0 spiro atoms. The van der Waals surface area contributed by atoms with E-state index in [9.17, 15) is 19.2 Å². The van der Waals surface area contributed by atoms with Crippen molar-refractivity contribution in [3.63, 3.8) is 0 Å². The summed E-state index contributed by atoms with van der Waals surface area (Å²) in [6.45, 7) is 0. The fraction of sp³-hybridized carbons (Fsp3) is 0. The molecule has 106 valence electrons. The van der Waals surface area contributed by atoms with Gasteiger partial charge in [-0.3, -0.25) is 18.8 Å². The maximum atomic E-state index is 12.0. The lowest BCUT2D eigenvalue weighted by Gasteiger charge is -2.11. The van der Waals surface area contributed by atoms with Crippen LogP contribution in [0.2, 0.25) is 5.02 Å². The van der Waals surface area contributed by atoms with Gasteiger partial charge < -0.3 is 4.84 Å². The lowest BCUT2D eigenvalue weighted by atomic mass is 10.1. The van der Waals surface area contributed by atoms with Gasteiger partial charge >= 0.3 is 5.97 Å². The molecule has 7 nitrogen and oxygen atoms in total. The predicted molar refractivity (Wildman–Crippen MR) is 72.3 cm³/mol. The van der Waals surface area contributed by atoms with Crippen molar-refractivity contribution in [3.05, 3.63) is 55.6 Å². The fourth-order valence-electron chi connectivity index (χ4n) is 1.80. The molecule has 1 N–H and O–H groups in total. The molecule has 1 aliphatic rings. The Bertz CT molecular complexity index is 805. The quantitative estimate of drug-likeness (QED) is 0.843. The summed E-state index contributed by atoms with van der Waals surface area (Å²) in [5.74, 6) is -2.55. The van der Waals surface area contributed by atoms with E-state index in [0.29, 0.717) is 16.6 Å². The number of aromatic nitrogens is 1. The van der Waals surface area contributed by atoms with Crippen molar-refractivity contribution in [3.8, 4) is 0 Å². The number of aromatic amines is 1. The van der Waals surface area contributed by atoms with Crippen LogP contribution in [0.4, 0.5) is 0 Å². The molecule has 0 bridgehead atoms. The zero-order valence-corrected chi connectivity index (χ0v) is 11.7. The normalized spacial score (nSPS) is 13.5. The Morgan fingerprint density at radius 3 is 2.19 bits per heavy atom. The van der Waals surface area contributed by atoms with Crippen molar-refractivity contribution >= 4 is 40.9 Å². The van der Waals surface area contributed by atoms with E-state index in [1.54, 1.807) is 12.1 Å². The van der Waals surface area contributed by atoms with Crippen LogP contribution < -0.4 is 5.56 Å². The molecule has 1 aliphatic heterocycles. The summed E-state index contributed by atoms with van der Waals surface area (Å²) in [4.78, 5) is 51.6. The van der Waals surface area contributed by atoms with Crippen LogP contribution in [0.5, 0.6) is 0 Å². The van der Waals surface area contributed by atoms with E-state index in [-0.39, 0.29) is 21.0 Å². The topological polar surface area (TPSA) is 96.5 Å². The molecule has 0 saturated carbocycles. The van der Waals surface area contributed by atoms with Crippen LogP contribution in [0.15, 0.2) is 29.1 Å². The van der Waals surface area contributed by atoms with E-state index in [1.807, 2.05) is 0 Å². The third kappa shape index (κ3) is 2.05. The summed E-state index contributed by atoms with van der Waals surface area (Å²) in [6, 6.07) is 6.07. The van der Waals surface area contributed by atoms with Crippen molar-refractivity contribution < 1.29 is 19.2 Å². The van der Waals surface area contributed by atoms with E-state index >= 15 is 0 Å². The number of nitrogens with zero attached hydrogens (tertiary/aromatic N) is 1. The molecule has 0 unspecified atom stereocenters. The average Bonchev–Trinajstić information content (AvgIpc) is 2.93. The Morgan fingerprint density at radius 1 is 1.14 bits per heavy atom. The highest BCUT2D eigenvalue weighted by Gasteiger charge is 2.39. The maximum Gasteiger partial charge on any atom is 0.377 e. The van der Waals surface area contributed by atoms with Crippen LogP contribution in [-0.4, -0.2) is 27.2 Å². The first-order valence-electron chi connectivity index (χ1n) is 5.57. The second-order valence-electron chi connectivity index (χ2n) is 4.01. The van der Waals surface area contributed by atoms with Gasteiger partial charge in [-0.15, -0.1) is 0 Å². The first-order chi connectivity index (χ1) is 10.0. The van der Waals surface area contributed by atoms with Gasteiger partial charge in [-0.25, -0.2) is 4.79 Å². The Labute approximate surface area is 125 Å². The average molecular weight is 325 g/mol. The second kappa shape index (κ2) is 4.83. The van der Waals surface area contributed by atoms with Crippen molar-refractivity contribution in [1.82, 2.24) is 9.44 Å². The number of carbonyl (C=O) groups excluding carboxylic acids is 3. The van der Waals surface area contributed by atoms with E-state index in [4.69, 9.17) is 16.4 Å². The summed E-state index contributed by atoms with van der Waals surface area (Å²) >= 11 is 6.29. The predicted octanol–water partition coefficient (Wildman–Crippen LogP) is 1.46. The van der Waals surface area contributed by atoms with Gasteiger partial charge in [0, 0.05) is 0 Å². The second-order valence-corrected chi connectivity index (χ2v) is 5.20. The first kappa shape index (κ1) is 13.5. The third-order valence-corrected chi connectivity index (χ3v) is 4.10. The van der Waals surface area contributed by atoms with Crippen LogP contribution in [-0.2, 0) is 4.84 Å². The number of hydrogen-bond donors (Lipinski definition) is 1. The molecule has 0 atom stereocenters. The minimum absolute atomic E-state index is 0.142. The number of benzene rings is 1. The summed E-state index contributed by atoms with van der Waals surface area (Å²) < 4.78 is 2.25. The highest BCUT2D eigenvalue weighted by molar-refractivity contribution is 7.08. The monoisotopic (exact) mass is 324 g/mol. The maximum absolute atomic E-state index is 12.0. The number of H-pyrrole nitrogens is 1. The lowest BCUT2D eigenvalue weighted by Crippen LogP contribution is -2.32. The number of halogens is 1. The van der Waals surface area contributed by atoms with Gasteiger partial charge in [0.1, 0.15) is 5.02 Å². The van der Waals surface area contributed by atoms with Crippen molar-refractivity contribution in [2.45, 2.75) is 0 Å². The van der Waals surface area contributed by atoms with E-state index < -0.39 is 23.3 Å². The highest BCUT2D eigenvalue weighted by Crippen LogP contribution is 2.24. The summed E-state index contributed by atoms with van der Waals surface area (Å²) in [5, 5.41) is 0.00896. The molecule has 21 heavy (non-hydrogen) atoms. The van der Waals surface area contributed by atoms with Crippen LogP contribution in [0.1, 0.15) is 30.4 Å². The van der Waals surface area contributed by atoms with Crippen molar-refractivity contribution in [2.24, 2.45) is 0 Å². The number of rotatable bonds is 2. The number of imide groups is 1. The number of nitrogens with one attached hydrogen (secondary N) is 1. The molecular formula is C12H5ClN2O5S. The molecule has 0 saturated heterocycles. The summed E-state index contributed by atoms with van der Waals surface area (Å²) in [7, 11) is 0. The standard InChI is InChI=1S/C12H5ClN2O5S/c13-7-8(21-14-9(7)16)12(19)20-15-10(17)5-3-1-2-4-6(5)11(15)18/h1-4H,(H,14,16). The van der Waals surface area contributed by atoms with Crippen LogP contribution in [0.25, 0.3) is 0 Å². The number of fused-ring (bicyclic) bond motifs is 1. The van der Waals surface area contributed by atoms with Gasteiger partial charge in [-0.1, -0.05) is 28.8 Å². The Kier molecular flexibility index (Phi) is 3.11. The molecule has 9 heteroatoms. The van der Waals surface area contributed by atoms with Gasteiger partial charge in [0.15, 0.2) is 4.88 Å². The summed E-state index contributed by atoms with van der Waals surface area (Å²) in [6.07, 6.45) is 0. The zero-order chi connectivity index (χ0) is 15.1. The molecule has 0 aliphatic carbocycles. The number of hydrogen-bond acceptors (Lipinski definition) is 6. The van der Waals surface area contributed by atoms with Gasteiger partial charge in [0.05, 0.1) is 11.1 Å². The third-order valence-electron chi connectivity index (χ3n) is 2.76. The van der Waals surface area contributed by atoms with Gasteiger partial charge in [0.25, 0.3) is 17.4 Å². The molecule has 2 amide bonds.